The Labute approximate surface area is 161 Å². The van der Waals surface area contributed by atoms with Crippen LogP contribution in [0.25, 0.3) is 0 Å². The van der Waals surface area contributed by atoms with E-state index in [1.807, 2.05) is 31.2 Å². The first kappa shape index (κ1) is 19.3. The summed E-state index contributed by atoms with van der Waals surface area (Å²) < 4.78 is 11.2. The van der Waals surface area contributed by atoms with Crippen molar-refractivity contribution < 1.29 is 14.3 Å². The van der Waals surface area contributed by atoms with Crippen molar-refractivity contribution in [3.8, 4) is 11.5 Å². The van der Waals surface area contributed by atoms with Crippen molar-refractivity contribution in [3.63, 3.8) is 0 Å². The number of rotatable bonds is 8. The summed E-state index contributed by atoms with van der Waals surface area (Å²) in [6.07, 6.45) is 5.91. The summed E-state index contributed by atoms with van der Waals surface area (Å²) in [7, 11) is 1.67. The fourth-order valence-electron chi connectivity index (χ4n) is 3.54. The van der Waals surface area contributed by atoms with E-state index in [2.05, 4.69) is 23.5 Å². The van der Waals surface area contributed by atoms with Gasteiger partial charge >= 0.3 is 0 Å². The third kappa shape index (κ3) is 5.25. The summed E-state index contributed by atoms with van der Waals surface area (Å²) in [4.78, 5) is 12.4. The van der Waals surface area contributed by atoms with Gasteiger partial charge in [-0.05, 0) is 80.3 Å². The van der Waals surface area contributed by atoms with Crippen LogP contribution >= 0.6 is 0 Å². The van der Waals surface area contributed by atoms with E-state index in [0.717, 1.165) is 37.2 Å². The fourth-order valence-corrected chi connectivity index (χ4v) is 3.54. The van der Waals surface area contributed by atoms with Crippen molar-refractivity contribution in [2.75, 3.05) is 13.7 Å². The predicted molar refractivity (Wildman–Crippen MR) is 107 cm³/mol. The number of amides is 1. The van der Waals surface area contributed by atoms with Gasteiger partial charge in [0.2, 0.25) is 0 Å². The number of carbonyl (C=O) groups excluding carboxylic acids is 1. The first-order valence-corrected chi connectivity index (χ1v) is 9.85. The topological polar surface area (TPSA) is 47.6 Å². The van der Waals surface area contributed by atoms with Crippen molar-refractivity contribution in [2.45, 2.75) is 51.6 Å². The number of hydrogen-bond donors (Lipinski definition) is 1. The lowest BCUT2D eigenvalue weighted by Gasteiger charge is -2.22. The zero-order valence-electron chi connectivity index (χ0n) is 16.3. The van der Waals surface area contributed by atoms with Gasteiger partial charge in [-0.15, -0.1) is 0 Å². The molecule has 2 aromatic rings. The van der Waals surface area contributed by atoms with Gasteiger partial charge in [0.05, 0.1) is 7.11 Å². The molecule has 0 heterocycles. The summed E-state index contributed by atoms with van der Waals surface area (Å²) in [5.41, 5.74) is 3.89. The molecule has 1 aliphatic rings. The number of ether oxygens (including phenoxy) is 2. The summed E-state index contributed by atoms with van der Waals surface area (Å²) >= 11 is 0. The molecule has 0 radical (unpaired) electrons. The normalized spacial score (nSPS) is 14.1. The minimum Gasteiger partial charge on any atom is -0.497 e. The van der Waals surface area contributed by atoms with Crippen molar-refractivity contribution in [1.82, 2.24) is 5.32 Å². The van der Waals surface area contributed by atoms with Crippen LogP contribution in [0.1, 0.15) is 42.9 Å². The summed E-state index contributed by atoms with van der Waals surface area (Å²) in [5, 5.41) is 2.99. The van der Waals surface area contributed by atoms with Gasteiger partial charge in [-0.2, -0.15) is 0 Å². The highest BCUT2D eigenvalue weighted by Crippen LogP contribution is 2.30. The number of fused-ring (bicyclic) bond motifs is 1. The second kappa shape index (κ2) is 9.45. The molecule has 0 unspecified atom stereocenters. The first-order chi connectivity index (χ1) is 13.2. The molecule has 4 nitrogen and oxygen atoms in total. The molecule has 1 atom stereocenters. The zero-order chi connectivity index (χ0) is 19.1. The number of nitrogens with one attached hydrogen (secondary N) is 1. The molecular weight excluding hydrogens is 338 g/mol. The maximum absolute atomic E-state index is 12.4. The van der Waals surface area contributed by atoms with Gasteiger partial charge in [-0.1, -0.05) is 24.3 Å². The highest BCUT2D eigenvalue weighted by molar-refractivity contribution is 5.80. The van der Waals surface area contributed by atoms with Crippen LogP contribution in [0.4, 0.5) is 0 Å². The summed E-state index contributed by atoms with van der Waals surface area (Å²) in [6, 6.07) is 14.2. The number of aryl methyl sites for hydroxylation is 2. The van der Waals surface area contributed by atoms with Gasteiger partial charge in [-0.3, -0.25) is 4.79 Å². The lowest BCUT2D eigenvalue weighted by Crippen LogP contribution is -2.37. The second-order valence-corrected chi connectivity index (χ2v) is 7.10. The quantitative estimate of drug-likeness (QED) is 0.715. The molecule has 27 heavy (non-hydrogen) atoms. The Morgan fingerprint density at radius 3 is 2.67 bits per heavy atom. The molecule has 1 aliphatic carbocycles. The number of carbonyl (C=O) groups is 1. The van der Waals surface area contributed by atoms with E-state index in [4.69, 9.17) is 9.47 Å². The molecule has 0 fully saturated rings. The van der Waals surface area contributed by atoms with Gasteiger partial charge in [0, 0.05) is 6.54 Å². The van der Waals surface area contributed by atoms with Gasteiger partial charge in [0.25, 0.3) is 5.91 Å². The Kier molecular flexibility index (Phi) is 6.74. The van der Waals surface area contributed by atoms with Crippen LogP contribution in [0.3, 0.4) is 0 Å². The lowest BCUT2D eigenvalue weighted by atomic mass is 9.91. The van der Waals surface area contributed by atoms with Crippen LogP contribution in [0.5, 0.6) is 11.5 Å². The Balaban J connectivity index is 1.44. The molecule has 144 valence electrons. The van der Waals surface area contributed by atoms with Gasteiger partial charge in [-0.25, -0.2) is 0 Å². The third-order valence-corrected chi connectivity index (χ3v) is 5.13. The van der Waals surface area contributed by atoms with E-state index >= 15 is 0 Å². The molecule has 0 saturated carbocycles. The molecular formula is C23H29NO3. The highest BCUT2D eigenvalue weighted by atomic mass is 16.5. The highest BCUT2D eigenvalue weighted by Gasteiger charge is 2.19. The predicted octanol–water partition coefficient (Wildman–Crippen LogP) is 4.09. The van der Waals surface area contributed by atoms with Crippen molar-refractivity contribution in [3.05, 3.63) is 59.2 Å². The standard InChI is InChI=1S/C23H29NO3/c1-17(27-22-11-5-9-19-8-3-4-10-21(19)22)23(25)24-16-6-7-18-12-14-20(26-2)15-13-18/h5,9,11-15,17H,3-4,6-8,10,16H2,1-2H3,(H,24,25)/t17-/m1/s1. The maximum atomic E-state index is 12.4. The van der Waals surface area contributed by atoms with Gasteiger partial charge in [0.15, 0.2) is 6.10 Å². The van der Waals surface area contributed by atoms with E-state index in [1.54, 1.807) is 7.11 Å². The minimum absolute atomic E-state index is 0.0573. The average Bonchev–Trinajstić information content (AvgIpc) is 2.71. The molecule has 1 N–H and O–H groups in total. The van der Waals surface area contributed by atoms with Crippen molar-refractivity contribution in [1.29, 1.82) is 0 Å². The number of methoxy groups -OCH3 is 1. The van der Waals surface area contributed by atoms with Crippen LogP contribution in [-0.4, -0.2) is 25.7 Å². The molecule has 2 aromatic carbocycles. The Hall–Kier alpha value is -2.49. The maximum Gasteiger partial charge on any atom is 0.260 e. The number of hydrogen-bond acceptors (Lipinski definition) is 3. The molecule has 1 amide bonds. The van der Waals surface area contributed by atoms with Crippen molar-refractivity contribution >= 4 is 5.91 Å². The molecule has 3 rings (SSSR count). The minimum atomic E-state index is -0.487. The van der Waals surface area contributed by atoms with Crippen LogP contribution < -0.4 is 14.8 Å². The zero-order valence-corrected chi connectivity index (χ0v) is 16.3. The van der Waals surface area contributed by atoms with Crippen LogP contribution in [0, 0.1) is 0 Å². The van der Waals surface area contributed by atoms with Gasteiger partial charge in [0.1, 0.15) is 11.5 Å². The first-order valence-electron chi connectivity index (χ1n) is 9.85. The van der Waals surface area contributed by atoms with Crippen LogP contribution in [0.15, 0.2) is 42.5 Å². The van der Waals surface area contributed by atoms with E-state index in [-0.39, 0.29) is 5.91 Å². The van der Waals surface area contributed by atoms with Crippen LogP contribution in [0.2, 0.25) is 0 Å². The monoisotopic (exact) mass is 367 g/mol. The molecule has 0 bridgehead atoms. The van der Waals surface area contributed by atoms with Gasteiger partial charge < -0.3 is 14.8 Å². The molecule has 0 spiro atoms. The van der Waals surface area contributed by atoms with Crippen molar-refractivity contribution in [2.24, 2.45) is 0 Å². The Bertz CT molecular complexity index is 755. The smallest absolute Gasteiger partial charge is 0.260 e. The average molecular weight is 367 g/mol. The summed E-state index contributed by atoms with van der Waals surface area (Å²) in [5.74, 6) is 1.67. The van der Waals surface area contributed by atoms with E-state index in [1.165, 1.54) is 29.5 Å². The molecule has 4 heteroatoms. The molecule has 0 aromatic heterocycles. The number of benzene rings is 2. The third-order valence-electron chi connectivity index (χ3n) is 5.13. The van der Waals surface area contributed by atoms with E-state index < -0.39 is 6.10 Å². The fraction of sp³-hybridized carbons (Fsp3) is 0.435. The molecule has 0 saturated heterocycles. The summed E-state index contributed by atoms with van der Waals surface area (Å²) in [6.45, 7) is 2.46. The second-order valence-electron chi connectivity index (χ2n) is 7.10. The Morgan fingerprint density at radius 2 is 1.89 bits per heavy atom. The van der Waals surface area contributed by atoms with Crippen LogP contribution in [-0.2, 0) is 24.1 Å². The van der Waals surface area contributed by atoms with E-state index in [9.17, 15) is 4.79 Å². The molecule has 0 aliphatic heterocycles. The van der Waals surface area contributed by atoms with E-state index in [0.29, 0.717) is 6.54 Å². The largest absolute Gasteiger partial charge is 0.497 e. The SMILES string of the molecule is COc1ccc(CCCNC(=O)[C@@H](C)Oc2cccc3c2CCCC3)cc1. The Morgan fingerprint density at radius 1 is 1.11 bits per heavy atom. The lowest BCUT2D eigenvalue weighted by molar-refractivity contribution is -0.127.